The maximum Gasteiger partial charge on any atom is 0.115 e. The van der Waals surface area contributed by atoms with Crippen molar-refractivity contribution in [3.8, 4) is 5.75 Å². The number of hydrogen-bond acceptors (Lipinski definition) is 5. The number of hydrogen-bond donors (Lipinski definition) is 4. The second kappa shape index (κ2) is 8.41. The number of carbonyl (C=O) groups excluding carboxylic acids is 1. The monoisotopic (exact) mass is 369 g/mol. The summed E-state index contributed by atoms with van der Waals surface area (Å²) in [6.45, 7) is 1.27. The minimum Gasteiger partial charge on any atom is -0.508 e. The minimum absolute atomic E-state index is 0.103. The molecular weight excluding hydrogens is 353 g/mol. The fourth-order valence-corrected chi connectivity index (χ4v) is 3.16. The molecule has 0 aliphatic carbocycles. The summed E-state index contributed by atoms with van der Waals surface area (Å²) in [6, 6.07) is 14.6. The van der Waals surface area contributed by atoms with Crippen LogP contribution in [0.3, 0.4) is 0 Å². The summed E-state index contributed by atoms with van der Waals surface area (Å²) in [7, 11) is 0. The Labute approximate surface area is 130 Å². The summed E-state index contributed by atoms with van der Waals surface area (Å²) < 4.78 is 24.1. The smallest absolute Gasteiger partial charge is 0.115 e. The summed E-state index contributed by atoms with van der Waals surface area (Å²) >= 11 is -4.92. The van der Waals surface area contributed by atoms with Gasteiger partial charge in [0.25, 0.3) is 0 Å². The first-order chi connectivity index (χ1) is 10.4. The molecule has 7 nitrogen and oxygen atoms in total. The number of anilines is 1. The molecule has 0 saturated carbocycles. The zero-order valence-electron chi connectivity index (χ0n) is 11.7. The standard InChI is InChI=1S/C8H10AsNO5.C6H6O/c1-6(11)10-8-5-3-2-4-7(8)9(12,13)15-14;7-6-4-2-1-3-5-6/h2-5,14H,1H3,(H,10,11)(H,12,13);1-5,7H. The molecule has 4 N–H and O–H groups in total. The van der Waals surface area contributed by atoms with Gasteiger partial charge >= 0.3 is 88.4 Å². The molecule has 22 heavy (non-hydrogen) atoms. The van der Waals surface area contributed by atoms with E-state index in [9.17, 15) is 12.6 Å². The van der Waals surface area contributed by atoms with Crippen LogP contribution in [0.1, 0.15) is 6.92 Å². The molecule has 8 heteroatoms. The average molecular weight is 369 g/mol. The number of para-hydroxylation sites is 2. The largest absolute Gasteiger partial charge is 0.508 e. The molecule has 1 atom stereocenters. The molecule has 2 aromatic rings. The van der Waals surface area contributed by atoms with Gasteiger partial charge in [0.05, 0.1) is 0 Å². The van der Waals surface area contributed by atoms with Gasteiger partial charge in [-0.05, 0) is 12.1 Å². The molecule has 0 heterocycles. The molecule has 0 bridgehead atoms. The Morgan fingerprint density at radius 1 is 1.09 bits per heavy atom. The number of aromatic hydroxyl groups is 1. The van der Waals surface area contributed by atoms with Gasteiger partial charge in [0.1, 0.15) is 5.75 Å². The number of carbonyl (C=O) groups is 1. The Bertz CT molecular complexity index is 661. The van der Waals surface area contributed by atoms with Crippen molar-refractivity contribution in [1.82, 2.24) is 0 Å². The van der Waals surface area contributed by atoms with Gasteiger partial charge in [0.2, 0.25) is 0 Å². The number of phenolic OH excluding ortho intramolecular Hbond substituents is 1. The van der Waals surface area contributed by atoms with Crippen molar-refractivity contribution >= 4 is 30.1 Å². The van der Waals surface area contributed by atoms with E-state index >= 15 is 0 Å². The van der Waals surface area contributed by atoms with Gasteiger partial charge in [-0.25, -0.2) is 0 Å². The van der Waals surface area contributed by atoms with Gasteiger partial charge in [-0.15, -0.1) is 0 Å². The third-order valence-electron chi connectivity index (χ3n) is 2.39. The van der Waals surface area contributed by atoms with Gasteiger partial charge in [0.15, 0.2) is 0 Å². The third-order valence-corrected chi connectivity index (χ3v) is 4.95. The second-order valence-electron chi connectivity index (χ2n) is 4.14. The van der Waals surface area contributed by atoms with Crippen molar-refractivity contribution < 1.29 is 26.9 Å². The predicted octanol–water partition coefficient (Wildman–Crippen LogP) is 1.10. The van der Waals surface area contributed by atoms with Crippen molar-refractivity contribution in [2.24, 2.45) is 0 Å². The Balaban J connectivity index is 0.000000287. The van der Waals surface area contributed by atoms with Gasteiger partial charge in [-0.3, -0.25) is 0 Å². The Kier molecular flexibility index (Phi) is 6.88. The average Bonchev–Trinajstić information content (AvgIpc) is 2.48. The molecule has 2 rings (SSSR count). The molecule has 1 unspecified atom stereocenters. The third kappa shape index (κ3) is 5.75. The van der Waals surface area contributed by atoms with E-state index in [1.165, 1.54) is 25.1 Å². The van der Waals surface area contributed by atoms with E-state index in [-0.39, 0.29) is 15.9 Å². The van der Waals surface area contributed by atoms with E-state index in [1.54, 1.807) is 30.3 Å². The van der Waals surface area contributed by atoms with E-state index in [4.69, 9.17) is 10.4 Å². The van der Waals surface area contributed by atoms with Gasteiger partial charge in [-0.1, -0.05) is 18.2 Å². The summed E-state index contributed by atoms with van der Waals surface area (Å²) in [6.07, 6.45) is 0. The van der Waals surface area contributed by atoms with E-state index in [1.807, 2.05) is 6.07 Å². The van der Waals surface area contributed by atoms with Crippen LogP contribution in [0.15, 0.2) is 54.6 Å². The zero-order chi connectivity index (χ0) is 16.6. The van der Waals surface area contributed by atoms with Crippen molar-refractivity contribution in [2.75, 3.05) is 5.32 Å². The Morgan fingerprint density at radius 2 is 1.64 bits per heavy atom. The van der Waals surface area contributed by atoms with Crippen LogP contribution in [0, 0.1) is 0 Å². The molecular formula is C14H16AsNO6. The van der Waals surface area contributed by atoms with E-state index in [0.29, 0.717) is 5.75 Å². The molecule has 0 spiro atoms. The fraction of sp³-hybridized carbons (Fsp3) is 0.0714. The number of phenols is 1. The van der Waals surface area contributed by atoms with Crippen LogP contribution in [-0.2, 0) is 12.4 Å². The van der Waals surface area contributed by atoms with Crippen LogP contribution in [-0.4, -0.2) is 34.5 Å². The summed E-state index contributed by atoms with van der Waals surface area (Å²) in [5, 5.41) is 19.3. The minimum atomic E-state index is -4.92. The maximum atomic E-state index is 11.4. The number of amides is 1. The quantitative estimate of drug-likeness (QED) is 0.366. The maximum absolute atomic E-state index is 11.4. The van der Waals surface area contributed by atoms with Crippen molar-refractivity contribution in [1.29, 1.82) is 0 Å². The van der Waals surface area contributed by atoms with E-state index in [2.05, 4.69) is 9.19 Å². The first-order valence-electron chi connectivity index (χ1n) is 6.14. The molecule has 118 valence electrons. The topological polar surface area (TPSA) is 116 Å². The van der Waals surface area contributed by atoms with Crippen LogP contribution in [0.4, 0.5) is 5.69 Å². The van der Waals surface area contributed by atoms with Crippen LogP contribution in [0.25, 0.3) is 0 Å². The van der Waals surface area contributed by atoms with Gasteiger partial charge in [-0.2, -0.15) is 0 Å². The van der Waals surface area contributed by atoms with E-state index in [0.717, 1.165) is 0 Å². The normalized spacial score (nSPS) is 12.5. The van der Waals surface area contributed by atoms with Gasteiger partial charge in [0, 0.05) is 0 Å². The van der Waals surface area contributed by atoms with Gasteiger partial charge < -0.3 is 5.11 Å². The predicted molar refractivity (Wildman–Crippen MR) is 80.9 cm³/mol. The summed E-state index contributed by atoms with van der Waals surface area (Å²) in [5.74, 6) is -0.0570. The molecule has 0 aliphatic heterocycles. The van der Waals surface area contributed by atoms with Crippen LogP contribution >= 0.6 is 0 Å². The fourth-order valence-electron chi connectivity index (χ4n) is 1.49. The van der Waals surface area contributed by atoms with E-state index < -0.39 is 14.2 Å². The van der Waals surface area contributed by atoms with Crippen LogP contribution < -0.4 is 9.67 Å². The SMILES string of the molecule is CC(=O)Nc1ccccc1[As](=O)(O)OO.Oc1ccccc1. The molecule has 0 saturated heterocycles. The first-order valence-corrected chi connectivity index (χ1v) is 9.45. The zero-order valence-corrected chi connectivity index (χ0v) is 13.6. The Hall–Kier alpha value is -2.05. The molecule has 0 aromatic heterocycles. The molecule has 0 aliphatic rings. The molecule has 0 fully saturated rings. The number of benzene rings is 2. The number of rotatable bonds is 3. The number of nitrogens with one attached hydrogen (secondary N) is 1. The van der Waals surface area contributed by atoms with Crippen molar-refractivity contribution in [2.45, 2.75) is 6.92 Å². The summed E-state index contributed by atoms with van der Waals surface area (Å²) in [5.41, 5.74) is 0.157. The molecule has 0 radical (unpaired) electrons. The van der Waals surface area contributed by atoms with Crippen molar-refractivity contribution in [3.05, 3.63) is 54.6 Å². The van der Waals surface area contributed by atoms with Crippen LogP contribution in [0.5, 0.6) is 5.75 Å². The molecule has 1 amide bonds. The van der Waals surface area contributed by atoms with Crippen LogP contribution in [0.2, 0.25) is 0 Å². The Morgan fingerprint density at radius 3 is 2.09 bits per heavy atom. The van der Waals surface area contributed by atoms with Crippen molar-refractivity contribution in [3.63, 3.8) is 0 Å². The summed E-state index contributed by atoms with van der Waals surface area (Å²) in [4.78, 5) is 10.8. The second-order valence-corrected chi connectivity index (χ2v) is 7.67. The molecule has 2 aromatic carbocycles. The first kappa shape index (κ1) is 18.0.